The van der Waals surface area contributed by atoms with Gasteiger partial charge in [0.2, 0.25) is 0 Å². The first-order valence-corrected chi connectivity index (χ1v) is 9.88. The third-order valence-corrected chi connectivity index (χ3v) is 5.21. The van der Waals surface area contributed by atoms with Crippen LogP contribution in [0, 0.1) is 66.0 Å². The monoisotopic (exact) mass is 510 g/mol. The highest BCUT2D eigenvalue weighted by Crippen LogP contribution is 2.35. The summed E-state index contributed by atoms with van der Waals surface area (Å²) in [7, 11) is 0. The quantitative estimate of drug-likeness (QED) is 0.239. The Hall–Kier alpha value is -5.13. The standard InChI is InChI=1S/C26H9F7N4/c1-12-6-14(8-15(7-12)26(31,32)33)17-9-13(19(11-35)36-2)4-5-16(17)18(10-34)20-21(27)23(29)25(37-3)24(30)22(20)28/h4-9H,1H3/b18-16+,19-13+. The maximum absolute atomic E-state index is 14.8. The van der Waals surface area contributed by atoms with Crippen LogP contribution in [0.3, 0.4) is 0 Å². The fraction of sp³-hybridized carbons (Fsp3) is 0.0769. The van der Waals surface area contributed by atoms with Gasteiger partial charge in [0.15, 0.2) is 23.3 Å². The van der Waals surface area contributed by atoms with Gasteiger partial charge in [-0.15, -0.1) is 0 Å². The SMILES string of the molecule is [C-]#[N+]/C(C#N)=c1\cc/c(=C(/C#N)c2c(F)c(F)c([N+]#[C-])c(F)c2F)c(-c2cc(C)cc(C(F)(F)F)c2)c1. The van der Waals surface area contributed by atoms with E-state index in [1.807, 2.05) is 0 Å². The normalized spacial score (nSPS) is 12.5. The molecule has 4 nitrogen and oxygen atoms in total. The average Bonchev–Trinajstić information content (AvgIpc) is 2.86. The number of benzene rings is 3. The van der Waals surface area contributed by atoms with Crippen molar-refractivity contribution in [2.75, 3.05) is 0 Å². The van der Waals surface area contributed by atoms with E-state index in [1.54, 1.807) is 6.07 Å². The Morgan fingerprint density at radius 1 is 0.865 bits per heavy atom. The topological polar surface area (TPSA) is 56.3 Å². The maximum Gasteiger partial charge on any atom is 0.416 e. The average molecular weight is 510 g/mol. The molecule has 0 bridgehead atoms. The van der Waals surface area contributed by atoms with Gasteiger partial charge in [0, 0.05) is 5.22 Å². The molecule has 0 spiro atoms. The van der Waals surface area contributed by atoms with Gasteiger partial charge >= 0.3 is 6.18 Å². The number of hydrogen-bond donors (Lipinski definition) is 0. The van der Waals surface area contributed by atoms with Crippen molar-refractivity contribution >= 4 is 17.0 Å². The highest BCUT2D eigenvalue weighted by Gasteiger charge is 2.32. The first-order valence-electron chi connectivity index (χ1n) is 9.88. The largest absolute Gasteiger partial charge is 0.416 e. The molecule has 0 radical (unpaired) electrons. The fourth-order valence-electron chi connectivity index (χ4n) is 3.59. The summed E-state index contributed by atoms with van der Waals surface area (Å²) >= 11 is 0. The van der Waals surface area contributed by atoms with Crippen molar-refractivity contribution in [3.63, 3.8) is 0 Å². The third kappa shape index (κ3) is 4.72. The van der Waals surface area contributed by atoms with Crippen molar-refractivity contribution in [3.05, 3.63) is 110 Å². The van der Waals surface area contributed by atoms with Gasteiger partial charge < -0.3 is 0 Å². The highest BCUT2D eigenvalue weighted by atomic mass is 19.4. The van der Waals surface area contributed by atoms with Gasteiger partial charge in [-0.3, -0.25) is 0 Å². The van der Waals surface area contributed by atoms with Crippen molar-refractivity contribution in [2.45, 2.75) is 13.1 Å². The number of nitriles is 2. The Kier molecular flexibility index (Phi) is 7.05. The Bertz CT molecular complexity index is 1710. The van der Waals surface area contributed by atoms with Crippen LogP contribution in [0.2, 0.25) is 0 Å². The Morgan fingerprint density at radius 3 is 1.97 bits per heavy atom. The van der Waals surface area contributed by atoms with E-state index >= 15 is 0 Å². The van der Waals surface area contributed by atoms with E-state index in [1.165, 1.54) is 19.1 Å². The Balaban J connectivity index is 2.65. The van der Waals surface area contributed by atoms with Gasteiger partial charge in [-0.2, -0.15) is 18.4 Å². The molecule has 3 aromatic carbocycles. The molecule has 0 unspecified atom stereocenters. The van der Waals surface area contributed by atoms with Crippen LogP contribution in [-0.4, -0.2) is 0 Å². The van der Waals surface area contributed by atoms with Crippen molar-refractivity contribution in [1.82, 2.24) is 0 Å². The molecule has 0 aliphatic carbocycles. The van der Waals surface area contributed by atoms with Gasteiger partial charge in [0.05, 0.1) is 35.9 Å². The van der Waals surface area contributed by atoms with E-state index in [0.717, 1.165) is 24.3 Å². The summed E-state index contributed by atoms with van der Waals surface area (Å²) in [6.45, 7) is 15.2. The minimum absolute atomic E-state index is 0.0923. The summed E-state index contributed by atoms with van der Waals surface area (Å²) in [6.07, 6.45) is -4.80. The maximum atomic E-state index is 14.8. The zero-order chi connectivity index (χ0) is 27.7. The number of aryl methyl sites for hydroxylation is 1. The predicted molar refractivity (Wildman–Crippen MR) is 117 cm³/mol. The summed E-state index contributed by atoms with van der Waals surface area (Å²) in [4.78, 5) is 5.42. The molecule has 0 amide bonds. The number of hydrogen-bond acceptors (Lipinski definition) is 2. The van der Waals surface area contributed by atoms with E-state index in [0.29, 0.717) is 6.07 Å². The smallest absolute Gasteiger partial charge is 0.232 e. The number of rotatable bonds is 2. The molecule has 3 rings (SSSR count). The van der Waals surface area contributed by atoms with Crippen molar-refractivity contribution < 1.29 is 30.7 Å². The zero-order valence-corrected chi connectivity index (χ0v) is 18.4. The van der Waals surface area contributed by atoms with Gasteiger partial charge in [0.1, 0.15) is 6.07 Å². The molecule has 3 aromatic rings. The summed E-state index contributed by atoms with van der Waals surface area (Å²) in [5.74, 6) is -8.22. The summed E-state index contributed by atoms with van der Waals surface area (Å²) < 4.78 is 98.7. The second-order valence-electron chi connectivity index (χ2n) is 7.50. The third-order valence-electron chi connectivity index (χ3n) is 5.21. The number of alkyl halides is 3. The molecule has 0 aromatic heterocycles. The Morgan fingerprint density at radius 2 is 1.49 bits per heavy atom. The van der Waals surface area contributed by atoms with Crippen LogP contribution >= 0.6 is 0 Å². The van der Waals surface area contributed by atoms with Crippen LogP contribution in [0.4, 0.5) is 36.4 Å². The van der Waals surface area contributed by atoms with E-state index in [4.69, 9.17) is 13.1 Å². The van der Waals surface area contributed by atoms with Crippen LogP contribution in [0.5, 0.6) is 0 Å². The van der Waals surface area contributed by atoms with Gasteiger partial charge in [0.25, 0.3) is 11.4 Å². The van der Waals surface area contributed by atoms with Gasteiger partial charge in [-0.25, -0.2) is 32.5 Å². The van der Waals surface area contributed by atoms with Crippen LogP contribution in [-0.2, 0) is 6.18 Å². The van der Waals surface area contributed by atoms with Crippen molar-refractivity contribution in [3.8, 4) is 23.3 Å². The van der Waals surface area contributed by atoms with Gasteiger partial charge in [-0.1, -0.05) is 24.3 Å². The molecule has 0 aliphatic heterocycles. The molecular formula is C26H9F7N4. The summed E-state index contributed by atoms with van der Waals surface area (Å²) in [5.41, 5.74) is -6.05. The molecular weight excluding hydrogens is 501 g/mol. The van der Waals surface area contributed by atoms with Crippen molar-refractivity contribution in [1.29, 1.82) is 10.5 Å². The molecule has 0 saturated carbocycles. The fourth-order valence-corrected chi connectivity index (χ4v) is 3.59. The van der Waals surface area contributed by atoms with Crippen LogP contribution in [0.25, 0.3) is 32.1 Å². The lowest BCUT2D eigenvalue weighted by molar-refractivity contribution is -0.137. The lowest BCUT2D eigenvalue weighted by atomic mass is 9.93. The van der Waals surface area contributed by atoms with Crippen LogP contribution in [0.1, 0.15) is 16.7 Å². The summed E-state index contributed by atoms with van der Waals surface area (Å²) in [6, 6.07) is 8.88. The minimum atomic E-state index is -4.80. The first-order chi connectivity index (χ1) is 17.4. The first kappa shape index (κ1) is 26.5. The second-order valence-corrected chi connectivity index (χ2v) is 7.50. The predicted octanol–water partition coefficient (Wildman–Crippen LogP) is 6.06. The minimum Gasteiger partial charge on any atom is -0.232 e. The van der Waals surface area contributed by atoms with E-state index < -0.39 is 62.7 Å². The molecule has 0 atom stereocenters. The van der Waals surface area contributed by atoms with Crippen LogP contribution < -0.4 is 10.4 Å². The lowest BCUT2D eigenvalue weighted by Gasteiger charge is -2.13. The zero-order valence-electron chi connectivity index (χ0n) is 18.4. The molecule has 11 heteroatoms. The van der Waals surface area contributed by atoms with E-state index in [2.05, 4.69) is 9.69 Å². The molecule has 0 fully saturated rings. The van der Waals surface area contributed by atoms with Crippen molar-refractivity contribution in [2.24, 2.45) is 0 Å². The van der Waals surface area contributed by atoms with E-state index in [-0.39, 0.29) is 21.9 Å². The second kappa shape index (κ2) is 9.85. The number of nitrogens with zero attached hydrogens (tertiary/aromatic N) is 4. The molecule has 0 N–H and O–H groups in total. The molecule has 37 heavy (non-hydrogen) atoms. The molecule has 182 valence electrons. The lowest BCUT2D eigenvalue weighted by Crippen LogP contribution is -2.18. The summed E-state index contributed by atoms with van der Waals surface area (Å²) in [5, 5.41) is 18.4. The molecule has 0 heterocycles. The number of halogens is 7. The van der Waals surface area contributed by atoms with Gasteiger partial charge in [-0.05, 0) is 41.0 Å². The molecule has 0 aliphatic rings. The Labute approximate surface area is 204 Å². The van der Waals surface area contributed by atoms with E-state index in [9.17, 15) is 41.3 Å². The molecule has 0 saturated heterocycles. The highest BCUT2D eigenvalue weighted by molar-refractivity contribution is 5.83. The van der Waals surface area contributed by atoms with Crippen LogP contribution in [0.15, 0.2) is 36.4 Å².